The van der Waals surface area contributed by atoms with Gasteiger partial charge in [0, 0.05) is 17.1 Å². The van der Waals surface area contributed by atoms with Crippen LogP contribution in [0.1, 0.15) is 52.6 Å². The van der Waals surface area contributed by atoms with Crippen LogP contribution in [0.3, 0.4) is 0 Å². The van der Waals surface area contributed by atoms with E-state index in [1.165, 1.54) is 69.7 Å². The molecular formula is C25H32N2. The number of allylic oxidation sites excluding steroid dienone is 1. The van der Waals surface area contributed by atoms with Gasteiger partial charge in [0.25, 0.3) is 0 Å². The second kappa shape index (κ2) is 6.74. The number of rotatable bonds is 2. The predicted octanol–water partition coefficient (Wildman–Crippen LogP) is 6.26. The van der Waals surface area contributed by atoms with Crippen LogP contribution in [-0.4, -0.2) is 12.7 Å². The molecule has 27 heavy (non-hydrogen) atoms. The van der Waals surface area contributed by atoms with Crippen LogP contribution in [0.15, 0.2) is 36.0 Å². The average Bonchev–Trinajstić information content (AvgIpc) is 2.93. The van der Waals surface area contributed by atoms with E-state index < -0.39 is 0 Å². The lowest BCUT2D eigenvalue weighted by Gasteiger charge is -2.30. The van der Waals surface area contributed by atoms with Gasteiger partial charge in [-0.2, -0.15) is 0 Å². The Balaban J connectivity index is 1.83. The molecular weight excluding hydrogens is 328 g/mol. The molecule has 0 unspecified atom stereocenters. The Hall–Kier alpha value is -2.22. The quantitative estimate of drug-likeness (QED) is 0.624. The van der Waals surface area contributed by atoms with Crippen LogP contribution in [0.5, 0.6) is 0 Å². The lowest BCUT2D eigenvalue weighted by atomic mass is 9.96. The molecule has 0 spiro atoms. The molecule has 2 nitrogen and oxygen atoms in total. The molecule has 1 saturated heterocycles. The van der Waals surface area contributed by atoms with Gasteiger partial charge in [-0.3, -0.25) is 0 Å². The zero-order valence-corrected chi connectivity index (χ0v) is 17.7. The highest BCUT2D eigenvalue weighted by atomic mass is 15.4. The standard InChI is InChI=1S/C25H32N2/c1-16-11-18(3)24(19(4)12-16)26-15-27(23-10-8-7-9-22(23)26)25-20(5)13-17(2)14-21(25)6/h9,11-14,23H,7-8,10,15H2,1-6H3/t23-/m1/s1. The summed E-state index contributed by atoms with van der Waals surface area (Å²) in [7, 11) is 0. The number of fused-ring (bicyclic) bond motifs is 1. The van der Waals surface area contributed by atoms with Gasteiger partial charge in [0.1, 0.15) is 0 Å². The van der Waals surface area contributed by atoms with Crippen molar-refractivity contribution in [3.05, 3.63) is 69.4 Å². The SMILES string of the molecule is Cc1cc(C)c(N2CN(c3c(C)cc(C)cc3C)[C@@H]3CCCC=C32)c(C)c1. The Morgan fingerprint density at radius 2 is 1.26 bits per heavy atom. The molecule has 0 amide bonds. The zero-order valence-electron chi connectivity index (χ0n) is 17.7. The average molecular weight is 361 g/mol. The van der Waals surface area contributed by atoms with Crippen molar-refractivity contribution in [2.24, 2.45) is 0 Å². The Kier molecular flexibility index (Phi) is 4.53. The molecule has 2 aromatic carbocycles. The van der Waals surface area contributed by atoms with E-state index in [9.17, 15) is 0 Å². The minimum atomic E-state index is 0.499. The molecule has 4 rings (SSSR count). The van der Waals surface area contributed by atoms with Crippen molar-refractivity contribution < 1.29 is 0 Å². The summed E-state index contributed by atoms with van der Waals surface area (Å²) < 4.78 is 0. The number of nitrogens with zero attached hydrogens (tertiary/aromatic N) is 2. The van der Waals surface area contributed by atoms with E-state index in [-0.39, 0.29) is 0 Å². The minimum absolute atomic E-state index is 0.499. The third kappa shape index (κ3) is 3.05. The number of aryl methyl sites for hydroxylation is 6. The smallest absolute Gasteiger partial charge is 0.0956 e. The molecule has 0 aromatic heterocycles. The van der Waals surface area contributed by atoms with Gasteiger partial charge in [-0.25, -0.2) is 0 Å². The number of hydrogen-bond acceptors (Lipinski definition) is 2. The summed E-state index contributed by atoms with van der Waals surface area (Å²) in [5.41, 5.74) is 12.6. The van der Waals surface area contributed by atoms with Crippen LogP contribution in [0.4, 0.5) is 11.4 Å². The van der Waals surface area contributed by atoms with Crippen LogP contribution < -0.4 is 9.80 Å². The lowest BCUT2D eigenvalue weighted by Crippen LogP contribution is -2.32. The van der Waals surface area contributed by atoms with Crippen molar-refractivity contribution in [3.63, 3.8) is 0 Å². The monoisotopic (exact) mass is 360 g/mol. The van der Waals surface area contributed by atoms with Gasteiger partial charge >= 0.3 is 0 Å². The molecule has 0 bridgehead atoms. The van der Waals surface area contributed by atoms with Gasteiger partial charge in [0.15, 0.2) is 0 Å². The normalized spacial score (nSPS) is 19.3. The Morgan fingerprint density at radius 1 is 0.741 bits per heavy atom. The summed E-state index contributed by atoms with van der Waals surface area (Å²) in [6, 6.07) is 9.82. The number of hydrogen-bond donors (Lipinski definition) is 0. The highest BCUT2D eigenvalue weighted by Crippen LogP contribution is 2.42. The highest BCUT2D eigenvalue weighted by molar-refractivity contribution is 5.71. The number of anilines is 2. The third-order valence-electron chi connectivity index (χ3n) is 6.19. The first-order valence-electron chi connectivity index (χ1n) is 10.3. The molecule has 0 N–H and O–H groups in total. The molecule has 1 aliphatic heterocycles. The van der Waals surface area contributed by atoms with Gasteiger partial charge in [-0.15, -0.1) is 0 Å². The van der Waals surface area contributed by atoms with Gasteiger partial charge in [0.05, 0.1) is 12.7 Å². The van der Waals surface area contributed by atoms with E-state index in [0.717, 1.165) is 6.67 Å². The fourth-order valence-corrected chi connectivity index (χ4v) is 5.43. The fourth-order valence-electron chi connectivity index (χ4n) is 5.43. The lowest BCUT2D eigenvalue weighted by molar-refractivity contribution is 0.613. The van der Waals surface area contributed by atoms with Crippen molar-refractivity contribution >= 4 is 11.4 Å². The molecule has 1 fully saturated rings. The van der Waals surface area contributed by atoms with E-state index in [1.807, 2.05) is 0 Å². The summed E-state index contributed by atoms with van der Waals surface area (Å²) in [5.74, 6) is 0. The summed E-state index contributed by atoms with van der Waals surface area (Å²) >= 11 is 0. The molecule has 142 valence electrons. The van der Waals surface area contributed by atoms with Crippen molar-refractivity contribution in [3.8, 4) is 0 Å². The molecule has 0 saturated carbocycles. The Bertz CT molecular complexity index is 876. The maximum Gasteiger partial charge on any atom is 0.0956 e. The first-order chi connectivity index (χ1) is 12.9. The Morgan fingerprint density at radius 3 is 1.81 bits per heavy atom. The largest absolute Gasteiger partial charge is 0.344 e. The van der Waals surface area contributed by atoms with E-state index >= 15 is 0 Å². The third-order valence-corrected chi connectivity index (χ3v) is 6.19. The topological polar surface area (TPSA) is 6.48 Å². The van der Waals surface area contributed by atoms with Crippen molar-refractivity contribution in [1.29, 1.82) is 0 Å². The van der Waals surface area contributed by atoms with Gasteiger partial charge < -0.3 is 9.80 Å². The van der Waals surface area contributed by atoms with Gasteiger partial charge in [0.2, 0.25) is 0 Å². The van der Waals surface area contributed by atoms with Crippen LogP contribution in [0.25, 0.3) is 0 Å². The maximum absolute atomic E-state index is 2.66. The Labute approximate surface area is 164 Å². The summed E-state index contributed by atoms with van der Waals surface area (Å²) in [6.45, 7) is 14.4. The van der Waals surface area contributed by atoms with Crippen LogP contribution in [-0.2, 0) is 0 Å². The second-order valence-electron chi connectivity index (χ2n) is 8.61. The molecule has 2 heteroatoms. The van der Waals surface area contributed by atoms with Crippen molar-refractivity contribution in [2.45, 2.75) is 66.8 Å². The van der Waals surface area contributed by atoms with E-state index in [1.54, 1.807) is 0 Å². The predicted molar refractivity (Wildman–Crippen MR) is 117 cm³/mol. The van der Waals surface area contributed by atoms with Gasteiger partial charge in [-0.1, -0.05) is 41.5 Å². The minimum Gasteiger partial charge on any atom is -0.344 e. The molecule has 0 radical (unpaired) electrons. The highest BCUT2D eigenvalue weighted by Gasteiger charge is 2.38. The molecule has 1 aliphatic carbocycles. The van der Waals surface area contributed by atoms with Crippen molar-refractivity contribution in [1.82, 2.24) is 0 Å². The zero-order chi connectivity index (χ0) is 19.3. The summed E-state index contributed by atoms with van der Waals surface area (Å²) in [6.07, 6.45) is 6.23. The van der Waals surface area contributed by atoms with E-state index in [2.05, 4.69) is 81.7 Å². The summed E-state index contributed by atoms with van der Waals surface area (Å²) in [4.78, 5) is 5.25. The van der Waals surface area contributed by atoms with Crippen LogP contribution >= 0.6 is 0 Å². The molecule has 2 aliphatic rings. The first-order valence-corrected chi connectivity index (χ1v) is 10.3. The van der Waals surface area contributed by atoms with Gasteiger partial charge in [-0.05, 0) is 83.1 Å². The van der Waals surface area contributed by atoms with Crippen molar-refractivity contribution in [2.75, 3.05) is 16.5 Å². The summed E-state index contributed by atoms with van der Waals surface area (Å²) in [5, 5.41) is 0. The molecule has 1 heterocycles. The fraction of sp³-hybridized carbons (Fsp3) is 0.440. The first kappa shape index (κ1) is 18.2. The van der Waals surface area contributed by atoms with Crippen LogP contribution in [0.2, 0.25) is 0 Å². The molecule has 2 aromatic rings. The van der Waals surface area contributed by atoms with Crippen LogP contribution in [0, 0.1) is 41.5 Å². The van der Waals surface area contributed by atoms with E-state index in [4.69, 9.17) is 0 Å². The number of benzene rings is 2. The molecule has 1 atom stereocenters. The maximum atomic E-state index is 2.66. The van der Waals surface area contributed by atoms with E-state index in [0.29, 0.717) is 6.04 Å². The second-order valence-corrected chi connectivity index (χ2v) is 8.61.